The first-order valence-corrected chi connectivity index (χ1v) is 14.9. The minimum atomic E-state index is -4.70. The van der Waals surface area contributed by atoms with Crippen LogP contribution in [0.1, 0.15) is 71.1 Å². The van der Waals surface area contributed by atoms with Crippen molar-refractivity contribution in [3.8, 4) is 0 Å². The van der Waals surface area contributed by atoms with Crippen LogP contribution in [0.5, 0.6) is 0 Å². The van der Waals surface area contributed by atoms with E-state index < -0.39 is 29.4 Å². The molecule has 13 heteroatoms. The summed E-state index contributed by atoms with van der Waals surface area (Å²) in [7, 11) is 0. The number of aromatic nitrogens is 3. The number of aliphatic hydroxyl groups excluding tert-OH is 1. The second-order valence-electron chi connectivity index (χ2n) is 11.9. The lowest BCUT2D eigenvalue weighted by Crippen LogP contribution is -2.49. The maximum Gasteiger partial charge on any atom is 0.433 e. The van der Waals surface area contributed by atoms with Crippen molar-refractivity contribution in [2.24, 2.45) is 5.92 Å². The van der Waals surface area contributed by atoms with Crippen LogP contribution in [0.3, 0.4) is 0 Å². The molecule has 2 aliphatic carbocycles. The van der Waals surface area contributed by atoms with Crippen LogP contribution in [0.15, 0.2) is 36.5 Å². The molecule has 3 heterocycles. The molecule has 1 saturated heterocycles. The normalized spacial score (nSPS) is 24.8. The number of anilines is 1. The summed E-state index contributed by atoms with van der Waals surface area (Å²) in [6.07, 6.45) is 2.61. The van der Waals surface area contributed by atoms with Gasteiger partial charge in [0, 0.05) is 56.5 Å². The summed E-state index contributed by atoms with van der Waals surface area (Å²) >= 11 is 0. The number of benzene rings is 1. The van der Waals surface area contributed by atoms with Gasteiger partial charge in [-0.1, -0.05) is 6.07 Å². The molecular formula is C30H36F3N7O3. The Morgan fingerprint density at radius 1 is 1.02 bits per heavy atom. The van der Waals surface area contributed by atoms with E-state index >= 15 is 0 Å². The largest absolute Gasteiger partial charge is 0.433 e. The molecular weight excluding hydrogens is 563 g/mol. The third kappa shape index (κ3) is 6.53. The number of piperazine rings is 1. The summed E-state index contributed by atoms with van der Waals surface area (Å²) in [5.74, 6) is -1.15. The first kappa shape index (κ1) is 29.5. The Balaban J connectivity index is 1.24. The standard InChI is InChI=1S/C30H36F3N7O3/c31-30(32,33)27-3-1-2-24(36-27)29(43)37-26-14-19-16-40(22-6-4-21(5-7-22)39-10-8-34-9-11-39)38-25(19)15-23(26)28(42)35-20-12-18(13-20)17-41/h1-3,14-16,18,20-22,34,41H,4-13,17H2,(H,35,42)(H,37,43). The number of fused-ring (bicyclic) bond motifs is 1. The molecule has 1 aromatic carbocycles. The lowest BCUT2D eigenvalue weighted by atomic mass is 9.81. The van der Waals surface area contributed by atoms with Gasteiger partial charge < -0.3 is 21.1 Å². The average Bonchev–Trinajstić information content (AvgIpc) is 3.41. The Morgan fingerprint density at radius 2 is 1.74 bits per heavy atom. The van der Waals surface area contributed by atoms with Crippen molar-refractivity contribution < 1.29 is 27.9 Å². The maximum atomic E-state index is 13.4. The molecule has 3 aromatic rings. The average molecular weight is 600 g/mol. The molecule has 0 radical (unpaired) electrons. The van der Waals surface area contributed by atoms with Crippen molar-refractivity contribution in [1.82, 2.24) is 30.3 Å². The van der Waals surface area contributed by atoms with E-state index in [-0.39, 0.29) is 35.9 Å². The molecule has 1 aliphatic heterocycles. The lowest BCUT2D eigenvalue weighted by molar-refractivity contribution is -0.141. The van der Waals surface area contributed by atoms with E-state index in [1.165, 1.54) is 6.07 Å². The number of amides is 2. The predicted octanol–water partition coefficient (Wildman–Crippen LogP) is 3.59. The second-order valence-corrected chi connectivity index (χ2v) is 11.9. The molecule has 3 fully saturated rings. The molecule has 0 unspecified atom stereocenters. The monoisotopic (exact) mass is 599 g/mol. The van der Waals surface area contributed by atoms with Crippen LogP contribution in [0.2, 0.25) is 0 Å². The molecule has 4 N–H and O–H groups in total. The summed E-state index contributed by atoms with van der Waals surface area (Å²) in [5.41, 5.74) is -0.679. The number of hydrogen-bond acceptors (Lipinski definition) is 7. The number of carbonyl (C=O) groups excluding carboxylic acids is 2. The second kappa shape index (κ2) is 12.2. The van der Waals surface area contributed by atoms with Crippen LogP contribution >= 0.6 is 0 Å². The summed E-state index contributed by atoms with van der Waals surface area (Å²) in [4.78, 5) is 32.5. The molecule has 2 aromatic heterocycles. The van der Waals surface area contributed by atoms with Gasteiger partial charge in [0.05, 0.1) is 22.8 Å². The molecule has 2 saturated carbocycles. The fourth-order valence-corrected chi connectivity index (χ4v) is 6.48. The van der Waals surface area contributed by atoms with E-state index in [9.17, 15) is 27.9 Å². The molecule has 2 amide bonds. The Morgan fingerprint density at radius 3 is 2.44 bits per heavy atom. The van der Waals surface area contributed by atoms with E-state index in [1.54, 1.807) is 12.1 Å². The third-order valence-corrected chi connectivity index (χ3v) is 8.96. The highest BCUT2D eigenvalue weighted by Crippen LogP contribution is 2.34. The van der Waals surface area contributed by atoms with Crippen molar-refractivity contribution in [3.63, 3.8) is 0 Å². The molecule has 230 valence electrons. The quantitative estimate of drug-likeness (QED) is 0.327. The van der Waals surface area contributed by atoms with Crippen LogP contribution in [0.4, 0.5) is 18.9 Å². The van der Waals surface area contributed by atoms with E-state index in [0.717, 1.165) is 64.0 Å². The number of nitrogens with one attached hydrogen (secondary N) is 3. The van der Waals surface area contributed by atoms with Crippen LogP contribution in [0.25, 0.3) is 10.9 Å². The van der Waals surface area contributed by atoms with E-state index in [0.29, 0.717) is 29.8 Å². The minimum absolute atomic E-state index is 0.0538. The van der Waals surface area contributed by atoms with Crippen molar-refractivity contribution in [1.29, 1.82) is 0 Å². The smallest absolute Gasteiger partial charge is 0.396 e. The van der Waals surface area contributed by atoms with E-state index in [1.807, 2.05) is 10.9 Å². The fourth-order valence-electron chi connectivity index (χ4n) is 6.48. The van der Waals surface area contributed by atoms with E-state index in [2.05, 4.69) is 25.8 Å². The van der Waals surface area contributed by atoms with Gasteiger partial charge in [-0.25, -0.2) is 4.98 Å². The molecule has 0 atom stereocenters. The van der Waals surface area contributed by atoms with Crippen LogP contribution in [-0.2, 0) is 6.18 Å². The highest BCUT2D eigenvalue weighted by Gasteiger charge is 2.34. The van der Waals surface area contributed by atoms with Crippen molar-refractivity contribution in [2.75, 3.05) is 38.1 Å². The zero-order valence-corrected chi connectivity index (χ0v) is 23.7. The van der Waals surface area contributed by atoms with Crippen molar-refractivity contribution >= 4 is 28.4 Å². The Bertz CT molecular complexity index is 1470. The van der Waals surface area contributed by atoms with Crippen LogP contribution in [0, 0.1) is 5.92 Å². The number of halogens is 3. The van der Waals surface area contributed by atoms with Gasteiger partial charge in [-0.3, -0.25) is 19.2 Å². The summed E-state index contributed by atoms with van der Waals surface area (Å²) < 4.78 is 41.6. The highest BCUT2D eigenvalue weighted by atomic mass is 19.4. The number of hydrogen-bond donors (Lipinski definition) is 4. The van der Waals surface area contributed by atoms with Gasteiger partial charge in [-0.15, -0.1) is 0 Å². The Kier molecular flexibility index (Phi) is 8.38. The summed E-state index contributed by atoms with van der Waals surface area (Å²) in [6, 6.07) is 7.04. The molecule has 6 rings (SSSR count). The van der Waals surface area contributed by atoms with Gasteiger partial charge in [0.1, 0.15) is 11.4 Å². The number of alkyl halides is 3. The Labute approximate surface area is 247 Å². The van der Waals surface area contributed by atoms with Gasteiger partial charge in [0.2, 0.25) is 0 Å². The molecule has 3 aliphatic rings. The Hall–Kier alpha value is -3.55. The topological polar surface area (TPSA) is 124 Å². The molecule has 0 bridgehead atoms. The maximum absolute atomic E-state index is 13.4. The van der Waals surface area contributed by atoms with Gasteiger partial charge in [0.15, 0.2) is 0 Å². The van der Waals surface area contributed by atoms with E-state index in [4.69, 9.17) is 5.10 Å². The van der Waals surface area contributed by atoms with Crippen molar-refractivity contribution in [2.45, 2.75) is 62.8 Å². The van der Waals surface area contributed by atoms with Gasteiger partial charge >= 0.3 is 6.18 Å². The first-order valence-electron chi connectivity index (χ1n) is 14.9. The molecule has 43 heavy (non-hydrogen) atoms. The zero-order chi connectivity index (χ0) is 30.1. The van der Waals surface area contributed by atoms with Gasteiger partial charge in [0.25, 0.3) is 11.8 Å². The SMILES string of the molecule is O=C(Nc1cc2cn(C3CCC(N4CCNCC4)CC3)nc2cc1C(=O)NC1CC(CO)C1)c1cccc(C(F)(F)F)n1. The number of rotatable bonds is 7. The molecule has 0 spiro atoms. The fraction of sp³-hybridized carbons (Fsp3) is 0.533. The summed E-state index contributed by atoms with van der Waals surface area (Å²) in [6.45, 7) is 4.23. The number of carbonyl (C=O) groups is 2. The minimum Gasteiger partial charge on any atom is -0.396 e. The van der Waals surface area contributed by atoms with Crippen molar-refractivity contribution in [3.05, 3.63) is 53.5 Å². The van der Waals surface area contributed by atoms with Crippen LogP contribution in [-0.4, -0.2) is 81.5 Å². The summed E-state index contributed by atoms with van der Waals surface area (Å²) in [5, 5.41) is 23.8. The number of pyridine rings is 1. The van der Waals surface area contributed by atoms with Crippen LogP contribution < -0.4 is 16.0 Å². The number of aliphatic hydroxyl groups is 1. The third-order valence-electron chi connectivity index (χ3n) is 8.96. The zero-order valence-electron chi connectivity index (χ0n) is 23.7. The highest BCUT2D eigenvalue weighted by molar-refractivity contribution is 6.10. The number of nitrogens with zero attached hydrogens (tertiary/aromatic N) is 4. The first-order chi connectivity index (χ1) is 20.7. The molecule has 10 nitrogen and oxygen atoms in total. The van der Waals surface area contributed by atoms with Gasteiger partial charge in [-0.05, 0) is 68.7 Å². The lowest BCUT2D eigenvalue weighted by Gasteiger charge is -2.39. The predicted molar refractivity (Wildman–Crippen MR) is 154 cm³/mol. The van der Waals surface area contributed by atoms with Gasteiger partial charge in [-0.2, -0.15) is 18.3 Å².